The summed E-state index contributed by atoms with van der Waals surface area (Å²) in [6.45, 7) is 17.2. The Morgan fingerprint density at radius 1 is 1.03 bits per heavy atom. The van der Waals surface area contributed by atoms with Gasteiger partial charge in [0.05, 0.1) is 12.6 Å². The fourth-order valence-electron chi connectivity index (χ4n) is 3.79. The number of nitrogens with zero attached hydrogens (tertiary/aromatic N) is 2. The number of carbonyl (C=O) groups is 3. The Morgan fingerprint density at radius 2 is 1.59 bits per heavy atom. The van der Waals surface area contributed by atoms with Crippen molar-refractivity contribution < 1.29 is 14.4 Å². The fourth-order valence-corrected chi connectivity index (χ4v) is 3.79. The Kier molecular flexibility index (Phi) is 17.4. The van der Waals surface area contributed by atoms with Gasteiger partial charge in [0.2, 0.25) is 18.2 Å². The van der Waals surface area contributed by atoms with Gasteiger partial charge in [0.25, 0.3) is 0 Å². The molecule has 2 fully saturated rings. The first-order valence-electron chi connectivity index (χ1n) is 13.2. The maximum atomic E-state index is 12.1. The summed E-state index contributed by atoms with van der Waals surface area (Å²) in [5.74, 6) is -0.0897. The molecule has 198 valence electrons. The molecule has 0 spiro atoms. The molecule has 7 nitrogen and oxygen atoms in total. The van der Waals surface area contributed by atoms with Crippen LogP contribution in [0.4, 0.5) is 0 Å². The van der Waals surface area contributed by atoms with Crippen LogP contribution in [0, 0.1) is 5.92 Å². The highest BCUT2D eigenvalue weighted by molar-refractivity contribution is 5.93. The van der Waals surface area contributed by atoms with E-state index >= 15 is 0 Å². The molecule has 0 unspecified atom stereocenters. The summed E-state index contributed by atoms with van der Waals surface area (Å²) < 4.78 is 0. The molecule has 2 N–H and O–H groups in total. The summed E-state index contributed by atoms with van der Waals surface area (Å²) in [4.78, 5) is 38.6. The first kappa shape index (κ1) is 32.1. The lowest BCUT2D eigenvalue weighted by Gasteiger charge is -2.30. The third-order valence-corrected chi connectivity index (χ3v) is 6.20. The molecule has 34 heavy (non-hydrogen) atoms. The summed E-state index contributed by atoms with van der Waals surface area (Å²) in [6, 6.07) is 0.878. The predicted molar refractivity (Wildman–Crippen MR) is 142 cm³/mol. The van der Waals surface area contributed by atoms with E-state index in [1.54, 1.807) is 18.9 Å². The van der Waals surface area contributed by atoms with Crippen molar-refractivity contribution in [2.75, 3.05) is 26.7 Å². The number of likely N-dealkylation sites (N-methyl/N-ethyl adjacent to an activating group) is 1. The second-order valence-corrected chi connectivity index (χ2v) is 10.1. The second-order valence-electron chi connectivity index (χ2n) is 10.1. The van der Waals surface area contributed by atoms with Gasteiger partial charge in [0.15, 0.2) is 0 Å². The van der Waals surface area contributed by atoms with Crippen molar-refractivity contribution in [1.82, 2.24) is 20.4 Å². The number of rotatable bonds is 9. The van der Waals surface area contributed by atoms with Gasteiger partial charge >= 0.3 is 0 Å². The summed E-state index contributed by atoms with van der Waals surface area (Å²) in [6.07, 6.45) is 11.1. The first-order chi connectivity index (χ1) is 16.1. The third-order valence-electron chi connectivity index (χ3n) is 6.20. The van der Waals surface area contributed by atoms with Crippen LogP contribution in [0.25, 0.3) is 0 Å². The summed E-state index contributed by atoms with van der Waals surface area (Å²) in [5, 5.41) is 5.36. The van der Waals surface area contributed by atoms with E-state index in [9.17, 15) is 14.4 Å². The molecule has 2 aliphatic rings. The monoisotopic (exact) mass is 480 g/mol. The maximum absolute atomic E-state index is 12.1. The number of hydrogen-bond donors (Lipinski definition) is 2. The van der Waals surface area contributed by atoms with E-state index < -0.39 is 0 Å². The molecule has 1 atom stereocenters. The molecule has 0 aromatic rings. The minimum atomic E-state index is -0.187. The van der Waals surface area contributed by atoms with Crippen molar-refractivity contribution in [3.63, 3.8) is 0 Å². The normalized spacial score (nSPS) is 17.4. The highest BCUT2D eigenvalue weighted by atomic mass is 16.2. The second kappa shape index (κ2) is 18.4. The Morgan fingerprint density at radius 3 is 1.97 bits per heavy atom. The summed E-state index contributed by atoms with van der Waals surface area (Å²) >= 11 is 0. The van der Waals surface area contributed by atoms with Gasteiger partial charge in [-0.3, -0.25) is 14.4 Å². The van der Waals surface area contributed by atoms with Crippen LogP contribution in [-0.2, 0) is 14.4 Å². The van der Waals surface area contributed by atoms with Gasteiger partial charge < -0.3 is 20.4 Å². The van der Waals surface area contributed by atoms with Gasteiger partial charge in [-0.05, 0) is 71.9 Å². The molecule has 7 heteroatoms. The topological polar surface area (TPSA) is 81.8 Å². The lowest BCUT2D eigenvalue weighted by molar-refractivity contribution is -0.132. The zero-order valence-corrected chi connectivity index (χ0v) is 23.2. The fraction of sp³-hybridized carbons (Fsp3) is 0.815. The van der Waals surface area contributed by atoms with Crippen LogP contribution in [-0.4, -0.2) is 72.8 Å². The molecule has 1 aliphatic heterocycles. The smallest absolute Gasteiger partial charge is 0.246 e. The van der Waals surface area contributed by atoms with Gasteiger partial charge in [0, 0.05) is 24.7 Å². The lowest BCUT2D eigenvalue weighted by atomic mass is 9.92. The molecule has 1 aliphatic carbocycles. The average molecular weight is 481 g/mol. The molecular weight excluding hydrogens is 428 g/mol. The zero-order chi connectivity index (χ0) is 26.1. The highest BCUT2D eigenvalue weighted by Gasteiger charge is 2.24. The van der Waals surface area contributed by atoms with E-state index in [1.165, 1.54) is 45.2 Å². The predicted octanol–water partition coefficient (Wildman–Crippen LogP) is 4.13. The van der Waals surface area contributed by atoms with Crippen molar-refractivity contribution in [2.24, 2.45) is 5.92 Å². The SMILES string of the molecule is C/C(=C\[C@H](C(C)C)N(C)C(=O)CNC=O)C(=O)NC1CCC1.CC(C)N1CCCCC1.CCC. The van der Waals surface area contributed by atoms with Crippen LogP contribution in [0.2, 0.25) is 0 Å². The van der Waals surface area contributed by atoms with Crippen LogP contribution in [0.1, 0.15) is 93.4 Å². The molecule has 0 aromatic carbocycles. The van der Waals surface area contributed by atoms with Gasteiger partial charge in [0.1, 0.15) is 0 Å². The van der Waals surface area contributed by atoms with E-state index in [2.05, 4.69) is 43.2 Å². The van der Waals surface area contributed by atoms with E-state index in [-0.39, 0.29) is 30.3 Å². The molecule has 0 radical (unpaired) electrons. The molecule has 1 saturated carbocycles. The minimum Gasteiger partial charge on any atom is -0.350 e. The number of likely N-dealkylation sites (tertiary alicyclic amines) is 1. The Labute approximate surface area is 209 Å². The molecule has 2 rings (SSSR count). The van der Waals surface area contributed by atoms with Crippen LogP contribution in [0.15, 0.2) is 11.6 Å². The Balaban J connectivity index is 0.000000745. The maximum Gasteiger partial charge on any atom is 0.246 e. The lowest BCUT2D eigenvalue weighted by Crippen LogP contribution is -2.44. The highest BCUT2D eigenvalue weighted by Crippen LogP contribution is 2.19. The quantitative estimate of drug-likeness (QED) is 0.384. The van der Waals surface area contributed by atoms with Crippen molar-refractivity contribution in [1.29, 1.82) is 0 Å². The largest absolute Gasteiger partial charge is 0.350 e. The van der Waals surface area contributed by atoms with Crippen molar-refractivity contribution in [2.45, 2.75) is 112 Å². The van der Waals surface area contributed by atoms with Crippen LogP contribution < -0.4 is 10.6 Å². The molecule has 0 aromatic heterocycles. The van der Waals surface area contributed by atoms with E-state index in [0.717, 1.165) is 18.9 Å². The van der Waals surface area contributed by atoms with Gasteiger partial charge in [-0.2, -0.15) is 0 Å². The molecular formula is C27H52N4O3. The number of carbonyl (C=O) groups excluding carboxylic acids is 3. The number of piperidine rings is 1. The molecule has 0 bridgehead atoms. The number of nitrogens with one attached hydrogen (secondary N) is 2. The van der Waals surface area contributed by atoms with Crippen LogP contribution in [0.3, 0.4) is 0 Å². The number of amides is 3. The Bertz CT molecular complexity index is 609. The van der Waals surface area contributed by atoms with E-state index in [1.807, 2.05) is 19.9 Å². The number of hydrogen-bond acceptors (Lipinski definition) is 4. The van der Waals surface area contributed by atoms with Crippen LogP contribution >= 0.6 is 0 Å². The first-order valence-corrected chi connectivity index (χ1v) is 13.2. The molecule has 1 saturated heterocycles. The van der Waals surface area contributed by atoms with Gasteiger partial charge in [-0.25, -0.2) is 0 Å². The zero-order valence-electron chi connectivity index (χ0n) is 23.2. The van der Waals surface area contributed by atoms with Crippen molar-refractivity contribution in [3.8, 4) is 0 Å². The minimum absolute atomic E-state index is 0.0373. The van der Waals surface area contributed by atoms with Crippen molar-refractivity contribution in [3.05, 3.63) is 11.6 Å². The van der Waals surface area contributed by atoms with E-state index in [4.69, 9.17) is 0 Å². The standard InChI is InChI=1S/C16H27N3O3.C8H17N.C3H8/c1-11(2)14(19(4)15(21)9-17-10-20)8-12(3)16(22)18-13-6-5-7-13;1-8(2)9-6-4-3-5-7-9;1-3-2/h8,10-11,13-14H,5-7,9H2,1-4H3,(H,17,20)(H,18,22);8H,3-7H2,1-2H3;3H2,1-2H3/b12-8+;;/t14-;;/m1../s1. The van der Waals surface area contributed by atoms with Crippen molar-refractivity contribution >= 4 is 18.2 Å². The molecule has 1 heterocycles. The Hall–Kier alpha value is -1.89. The summed E-state index contributed by atoms with van der Waals surface area (Å²) in [5.41, 5.74) is 0.619. The third kappa shape index (κ3) is 13.1. The average Bonchev–Trinajstić information content (AvgIpc) is 2.78. The van der Waals surface area contributed by atoms with Crippen LogP contribution in [0.5, 0.6) is 0 Å². The van der Waals surface area contributed by atoms with E-state index in [0.29, 0.717) is 18.0 Å². The van der Waals surface area contributed by atoms with Gasteiger partial charge in [-0.15, -0.1) is 0 Å². The van der Waals surface area contributed by atoms with Gasteiger partial charge in [-0.1, -0.05) is 46.6 Å². The molecule has 3 amide bonds. The summed E-state index contributed by atoms with van der Waals surface area (Å²) in [7, 11) is 1.69.